The monoisotopic (exact) mass is 266 g/mol. The van der Waals surface area contributed by atoms with E-state index < -0.39 is 22.5 Å². The summed E-state index contributed by atoms with van der Waals surface area (Å²) in [6.45, 7) is 0. The van der Waals surface area contributed by atoms with Crippen LogP contribution in [0.25, 0.3) is 10.9 Å². The van der Waals surface area contributed by atoms with Crippen LogP contribution in [0.4, 0.5) is 0 Å². The Morgan fingerprint density at radius 1 is 1.39 bits per heavy atom. The lowest BCUT2D eigenvalue weighted by molar-refractivity contribution is -0.138. The molecular weight excluding hydrogens is 256 g/mol. The van der Waals surface area contributed by atoms with E-state index >= 15 is 0 Å². The van der Waals surface area contributed by atoms with Gasteiger partial charge in [-0.3, -0.25) is 0 Å². The maximum atomic E-state index is 10.9. The number of aromatic amines is 1. The SMILES string of the molecule is O=C(O)[C@H](Cc1c[nH]c2ccccc12)N=S(=O)=O. The van der Waals surface area contributed by atoms with E-state index in [2.05, 4.69) is 9.35 Å². The minimum atomic E-state index is -2.73. The van der Waals surface area contributed by atoms with Gasteiger partial charge in [0, 0.05) is 23.5 Å². The fraction of sp³-hybridized carbons (Fsp3) is 0.182. The minimum absolute atomic E-state index is 0.0350. The summed E-state index contributed by atoms with van der Waals surface area (Å²) in [5.41, 5.74) is 1.60. The molecule has 0 fully saturated rings. The van der Waals surface area contributed by atoms with Crippen LogP contribution in [0.3, 0.4) is 0 Å². The first-order chi connectivity index (χ1) is 8.58. The van der Waals surface area contributed by atoms with Crippen LogP contribution in [0.15, 0.2) is 34.8 Å². The summed E-state index contributed by atoms with van der Waals surface area (Å²) in [5.74, 6) is -1.26. The van der Waals surface area contributed by atoms with Crippen LogP contribution in [0.1, 0.15) is 5.56 Å². The highest BCUT2D eigenvalue weighted by molar-refractivity contribution is 7.61. The number of aromatic nitrogens is 1. The molecule has 0 radical (unpaired) electrons. The Hall–Kier alpha value is -2.15. The maximum Gasteiger partial charge on any atom is 0.330 e. The van der Waals surface area contributed by atoms with Gasteiger partial charge in [0.05, 0.1) is 0 Å². The number of carboxylic acids is 1. The zero-order chi connectivity index (χ0) is 13.1. The van der Waals surface area contributed by atoms with Crippen molar-refractivity contribution in [2.45, 2.75) is 12.5 Å². The van der Waals surface area contributed by atoms with E-state index in [0.717, 1.165) is 16.5 Å². The van der Waals surface area contributed by atoms with Gasteiger partial charge in [0.1, 0.15) is 0 Å². The second-order valence-electron chi connectivity index (χ2n) is 3.74. The lowest BCUT2D eigenvalue weighted by atomic mass is 10.1. The Balaban J connectivity index is 2.37. The first kappa shape index (κ1) is 12.3. The Morgan fingerprint density at radius 3 is 2.78 bits per heavy atom. The highest BCUT2D eigenvalue weighted by Crippen LogP contribution is 2.19. The van der Waals surface area contributed by atoms with E-state index in [1.807, 2.05) is 24.3 Å². The normalized spacial score (nSPS) is 12.2. The first-order valence-electron chi connectivity index (χ1n) is 5.16. The number of hydrogen-bond acceptors (Lipinski definition) is 4. The molecule has 0 aliphatic heterocycles. The van der Waals surface area contributed by atoms with Gasteiger partial charge in [0.25, 0.3) is 0 Å². The minimum Gasteiger partial charge on any atom is -0.480 e. The van der Waals surface area contributed by atoms with Crippen molar-refractivity contribution in [3.63, 3.8) is 0 Å². The Bertz CT molecular complexity index is 709. The molecule has 94 valence electrons. The molecule has 0 aliphatic rings. The van der Waals surface area contributed by atoms with Crippen molar-refractivity contribution >= 4 is 27.4 Å². The van der Waals surface area contributed by atoms with Gasteiger partial charge in [-0.2, -0.15) is 12.8 Å². The Morgan fingerprint density at radius 2 is 2.11 bits per heavy atom. The summed E-state index contributed by atoms with van der Waals surface area (Å²) in [5, 5.41) is 9.79. The van der Waals surface area contributed by atoms with Gasteiger partial charge in [0.15, 0.2) is 6.04 Å². The van der Waals surface area contributed by atoms with Gasteiger partial charge in [-0.15, -0.1) is 0 Å². The zero-order valence-corrected chi connectivity index (χ0v) is 10.0. The van der Waals surface area contributed by atoms with Gasteiger partial charge < -0.3 is 10.1 Å². The molecule has 2 N–H and O–H groups in total. The number of hydrogen-bond donors (Lipinski definition) is 2. The van der Waals surface area contributed by atoms with E-state index in [1.165, 1.54) is 0 Å². The quantitative estimate of drug-likeness (QED) is 0.869. The summed E-state index contributed by atoms with van der Waals surface area (Å²) in [6, 6.07) is 6.10. The Labute approximate surface area is 104 Å². The molecule has 0 aliphatic carbocycles. The molecule has 0 spiro atoms. The third-order valence-electron chi connectivity index (χ3n) is 2.59. The number of carboxylic acid groups (broad SMARTS) is 1. The molecular formula is C11H10N2O4S. The molecule has 0 bridgehead atoms. The lowest BCUT2D eigenvalue weighted by Gasteiger charge is -2.03. The van der Waals surface area contributed by atoms with Crippen molar-refractivity contribution in [2.75, 3.05) is 0 Å². The van der Waals surface area contributed by atoms with Crippen molar-refractivity contribution in [3.8, 4) is 0 Å². The molecule has 6 nitrogen and oxygen atoms in total. The average molecular weight is 266 g/mol. The van der Waals surface area contributed by atoms with E-state index in [0.29, 0.717) is 0 Å². The molecule has 1 aromatic carbocycles. The smallest absolute Gasteiger partial charge is 0.330 e. The molecule has 7 heteroatoms. The number of H-pyrrole nitrogens is 1. The van der Waals surface area contributed by atoms with Crippen LogP contribution in [0.2, 0.25) is 0 Å². The molecule has 1 heterocycles. The number of aliphatic carboxylic acids is 1. The average Bonchev–Trinajstić information content (AvgIpc) is 2.71. The third-order valence-corrected chi connectivity index (χ3v) is 3.01. The number of rotatable bonds is 4. The van der Waals surface area contributed by atoms with E-state index in [1.54, 1.807) is 6.20 Å². The molecule has 0 saturated carbocycles. The van der Waals surface area contributed by atoms with Crippen molar-refractivity contribution < 1.29 is 18.3 Å². The van der Waals surface area contributed by atoms with Crippen molar-refractivity contribution in [2.24, 2.45) is 4.36 Å². The first-order valence-corrected chi connectivity index (χ1v) is 6.19. The topological polar surface area (TPSA) is 99.6 Å². The maximum absolute atomic E-state index is 10.9. The van der Waals surface area contributed by atoms with Crippen molar-refractivity contribution in [3.05, 3.63) is 36.0 Å². The predicted octanol–water partition coefficient (Wildman–Crippen LogP) is 1.23. The van der Waals surface area contributed by atoms with Gasteiger partial charge >= 0.3 is 16.5 Å². The molecule has 0 amide bonds. The number of carbonyl (C=O) groups is 1. The molecule has 1 atom stereocenters. The number of nitrogens with one attached hydrogen (secondary N) is 1. The second kappa shape index (κ2) is 5.01. The summed E-state index contributed by atoms with van der Waals surface area (Å²) in [4.78, 5) is 13.9. The third kappa shape index (κ3) is 2.57. The largest absolute Gasteiger partial charge is 0.480 e. The van der Waals surface area contributed by atoms with Crippen LogP contribution in [-0.2, 0) is 21.7 Å². The lowest BCUT2D eigenvalue weighted by Crippen LogP contribution is -2.20. The molecule has 2 rings (SSSR count). The van der Waals surface area contributed by atoms with Crippen molar-refractivity contribution in [1.82, 2.24) is 4.98 Å². The van der Waals surface area contributed by atoms with Crippen LogP contribution in [-0.4, -0.2) is 30.5 Å². The summed E-state index contributed by atoms with van der Waals surface area (Å²) in [6.07, 6.45) is 1.71. The van der Waals surface area contributed by atoms with E-state index in [4.69, 9.17) is 5.11 Å². The predicted molar refractivity (Wildman–Crippen MR) is 64.8 cm³/mol. The number of para-hydroxylation sites is 1. The molecule has 1 aromatic heterocycles. The van der Waals surface area contributed by atoms with E-state index in [9.17, 15) is 13.2 Å². The second-order valence-corrected chi connectivity index (χ2v) is 4.39. The van der Waals surface area contributed by atoms with Gasteiger partial charge in [-0.1, -0.05) is 18.2 Å². The number of nitrogens with zero attached hydrogens (tertiary/aromatic N) is 1. The van der Waals surface area contributed by atoms with Crippen molar-refractivity contribution in [1.29, 1.82) is 0 Å². The fourth-order valence-electron chi connectivity index (χ4n) is 1.78. The molecule has 0 saturated heterocycles. The fourth-order valence-corrected chi connectivity index (χ4v) is 2.15. The van der Waals surface area contributed by atoms with Crippen LogP contribution in [0, 0.1) is 0 Å². The molecule has 2 aromatic rings. The van der Waals surface area contributed by atoms with Crippen LogP contribution >= 0.6 is 0 Å². The van der Waals surface area contributed by atoms with E-state index in [-0.39, 0.29) is 6.42 Å². The standard InChI is InChI=1S/C11H10N2O4S/c14-11(15)10(13-18(16)17)5-7-6-12-9-4-2-1-3-8(7)9/h1-4,6,10,12H,5H2,(H,14,15)/t10-/m0/s1. The van der Waals surface area contributed by atoms with Crippen LogP contribution in [0.5, 0.6) is 0 Å². The van der Waals surface area contributed by atoms with Gasteiger partial charge in [0.2, 0.25) is 0 Å². The Kier molecular flexibility index (Phi) is 3.42. The number of fused-ring (bicyclic) bond motifs is 1. The summed E-state index contributed by atoms with van der Waals surface area (Å²) >= 11 is 0. The van der Waals surface area contributed by atoms with Gasteiger partial charge in [-0.05, 0) is 11.6 Å². The molecule has 0 unspecified atom stereocenters. The van der Waals surface area contributed by atoms with Gasteiger partial charge in [-0.25, -0.2) is 4.79 Å². The highest BCUT2D eigenvalue weighted by atomic mass is 32.2. The zero-order valence-electron chi connectivity index (χ0n) is 9.20. The highest BCUT2D eigenvalue weighted by Gasteiger charge is 2.19. The number of benzene rings is 1. The summed E-state index contributed by atoms with van der Waals surface area (Å²) in [7, 11) is -2.73. The van der Waals surface area contributed by atoms with Crippen LogP contribution < -0.4 is 0 Å². The summed E-state index contributed by atoms with van der Waals surface area (Å²) < 4.78 is 24.1. The molecule has 18 heavy (non-hydrogen) atoms.